The third-order valence-corrected chi connectivity index (χ3v) is 8.36. The topological polar surface area (TPSA) is 47.1 Å². The molecule has 7 heteroatoms. The molecule has 2 heterocycles. The van der Waals surface area contributed by atoms with Crippen molar-refractivity contribution in [3.8, 4) is 0 Å². The van der Waals surface area contributed by atoms with Gasteiger partial charge in [0.1, 0.15) is 0 Å². The van der Waals surface area contributed by atoms with Crippen LogP contribution in [-0.4, -0.2) is 78.4 Å². The normalized spacial score (nSPS) is 19.7. The first-order valence-corrected chi connectivity index (χ1v) is 14.0. The molecule has 2 aromatic carbocycles. The zero-order chi connectivity index (χ0) is 26.4. The average Bonchev–Trinajstić information content (AvgIpc) is 2.90. The third kappa shape index (κ3) is 7.34. The highest BCUT2D eigenvalue weighted by Gasteiger charge is 2.31. The standard InChI is InChI=1S/C30H41ClN4O2/c1-23-10-11-28(20-29(23)31)35(30(37)27-12-16-34(17-13-27)25(3)36)15-7-14-33-19-18-32(21-24(33)2)22-26-8-5-4-6-9-26/h4-6,8-11,20,24,27H,7,12-19,21-22H2,1-3H3. The van der Waals surface area contributed by atoms with Crippen molar-refractivity contribution in [3.63, 3.8) is 0 Å². The molecule has 1 atom stereocenters. The number of piperidine rings is 1. The molecule has 2 fully saturated rings. The number of rotatable bonds is 8. The highest BCUT2D eigenvalue weighted by molar-refractivity contribution is 6.31. The van der Waals surface area contributed by atoms with Gasteiger partial charge in [-0.15, -0.1) is 0 Å². The fourth-order valence-corrected chi connectivity index (χ4v) is 5.77. The Morgan fingerprint density at radius 3 is 2.41 bits per heavy atom. The van der Waals surface area contributed by atoms with E-state index in [-0.39, 0.29) is 17.7 Å². The second-order valence-electron chi connectivity index (χ2n) is 10.7. The maximum Gasteiger partial charge on any atom is 0.230 e. The molecule has 2 aromatic rings. The van der Waals surface area contributed by atoms with Crippen LogP contribution in [0.1, 0.15) is 44.2 Å². The van der Waals surface area contributed by atoms with E-state index < -0.39 is 0 Å². The summed E-state index contributed by atoms with van der Waals surface area (Å²) in [5.41, 5.74) is 3.24. The molecule has 0 spiro atoms. The molecule has 37 heavy (non-hydrogen) atoms. The van der Waals surface area contributed by atoms with Crippen LogP contribution in [0.15, 0.2) is 48.5 Å². The predicted molar refractivity (Wildman–Crippen MR) is 151 cm³/mol. The van der Waals surface area contributed by atoms with Crippen molar-refractivity contribution < 1.29 is 9.59 Å². The molecule has 4 rings (SSSR count). The summed E-state index contributed by atoms with van der Waals surface area (Å²) in [5, 5.41) is 0.685. The van der Waals surface area contributed by atoms with Gasteiger partial charge < -0.3 is 9.80 Å². The first-order chi connectivity index (χ1) is 17.8. The molecule has 0 radical (unpaired) electrons. The van der Waals surface area contributed by atoms with Crippen LogP contribution in [0.5, 0.6) is 0 Å². The lowest BCUT2D eigenvalue weighted by molar-refractivity contribution is -0.133. The molecule has 6 nitrogen and oxygen atoms in total. The Morgan fingerprint density at radius 1 is 1.03 bits per heavy atom. The van der Waals surface area contributed by atoms with Gasteiger partial charge in [0.2, 0.25) is 11.8 Å². The van der Waals surface area contributed by atoms with Crippen molar-refractivity contribution in [2.45, 2.75) is 52.6 Å². The zero-order valence-corrected chi connectivity index (χ0v) is 23.3. The molecule has 0 aliphatic carbocycles. The molecule has 0 bridgehead atoms. The lowest BCUT2D eigenvalue weighted by Crippen LogP contribution is -2.52. The van der Waals surface area contributed by atoms with Gasteiger partial charge in [-0.05, 0) is 56.4 Å². The number of carbonyl (C=O) groups excluding carboxylic acids is 2. The van der Waals surface area contributed by atoms with E-state index in [0.29, 0.717) is 30.7 Å². The number of hydrogen-bond donors (Lipinski definition) is 0. The van der Waals surface area contributed by atoms with Crippen molar-refractivity contribution >= 4 is 29.1 Å². The molecular formula is C30H41ClN4O2. The number of likely N-dealkylation sites (tertiary alicyclic amines) is 1. The Hall–Kier alpha value is -2.41. The van der Waals surface area contributed by atoms with E-state index in [0.717, 1.165) is 63.2 Å². The van der Waals surface area contributed by atoms with Crippen LogP contribution in [-0.2, 0) is 16.1 Å². The molecule has 1 unspecified atom stereocenters. The monoisotopic (exact) mass is 524 g/mol. The highest BCUT2D eigenvalue weighted by Crippen LogP contribution is 2.28. The molecular weight excluding hydrogens is 484 g/mol. The fourth-order valence-electron chi connectivity index (χ4n) is 5.60. The van der Waals surface area contributed by atoms with E-state index in [9.17, 15) is 9.59 Å². The minimum absolute atomic E-state index is 0.0591. The second-order valence-corrected chi connectivity index (χ2v) is 11.1. The first kappa shape index (κ1) is 27.6. The molecule has 2 aliphatic rings. The lowest BCUT2D eigenvalue weighted by atomic mass is 9.94. The van der Waals surface area contributed by atoms with Crippen molar-refractivity contribution in [2.24, 2.45) is 5.92 Å². The quantitative estimate of drug-likeness (QED) is 0.496. The Bertz CT molecular complexity index is 1050. The Labute approximate surface area is 227 Å². The number of carbonyl (C=O) groups is 2. The largest absolute Gasteiger partial charge is 0.343 e. The van der Waals surface area contributed by atoms with E-state index in [2.05, 4.69) is 47.1 Å². The maximum atomic E-state index is 13.7. The summed E-state index contributed by atoms with van der Waals surface area (Å²) >= 11 is 6.45. The highest BCUT2D eigenvalue weighted by atomic mass is 35.5. The van der Waals surface area contributed by atoms with Crippen molar-refractivity contribution in [1.29, 1.82) is 0 Å². The van der Waals surface area contributed by atoms with Crippen LogP contribution in [0.2, 0.25) is 5.02 Å². The number of hydrogen-bond acceptors (Lipinski definition) is 4. The van der Waals surface area contributed by atoms with Crippen LogP contribution in [0.25, 0.3) is 0 Å². The molecule has 2 amide bonds. The van der Waals surface area contributed by atoms with E-state index in [1.54, 1.807) is 6.92 Å². The summed E-state index contributed by atoms with van der Waals surface area (Å²) in [6.07, 6.45) is 2.34. The summed E-state index contributed by atoms with van der Waals surface area (Å²) in [5.74, 6) is 0.186. The van der Waals surface area contributed by atoms with Crippen molar-refractivity contribution in [3.05, 3.63) is 64.7 Å². The predicted octanol–water partition coefficient (Wildman–Crippen LogP) is 4.84. The molecule has 200 valence electrons. The fraction of sp³-hybridized carbons (Fsp3) is 0.533. The SMILES string of the molecule is CC(=O)N1CCC(C(=O)N(CCCN2CCN(Cc3ccccc3)CC2C)c2ccc(C)c(Cl)c2)CC1. The number of amides is 2. The van der Waals surface area contributed by atoms with Crippen molar-refractivity contribution in [2.75, 3.05) is 50.7 Å². The molecule has 2 saturated heterocycles. The smallest absolute Gasteiger partial charge is 0.230 e. The number of piperazine rings is 1. The van der Waals surface area contributed by atoms with Gasteiger partial charge in [0.25, 0.3) is 0 Å². The van der Waals surface area contributed by atoms with E-state index in [1.165, 1.54) is 5.56 Å². The van der Waals surface area contributed by atoms with Crippen LogP contribution >= 0.6 is 11.6 Å². The summed E-state index contributed by atoms with van der Waals surface area (Å²) < 4.78 is 0. The number of halogens is 1. The number of benzene rings is 2. The summed E-state index contributed by atoms with van der Waals surface area (Å²) in [7, 11) is 0. The maximum absolute atomic E-state index is 13.7. The third-order valence-electron chi connectivity index (χ3n) is 7.95. The van der Waals surface area contributed by atoms with Gasteiger partial charge >= 0.3 is 0 Å². The molecule has 2 aliphatic heterocycles. The first-order valence-electron chi connectivity index (χ1n) is 13.6. The minimum atomic E-state index is -0.0591. The molecule has 0 N–H and O–H groups in total. The van der Waals surface area contributed by atoms with E-state index in [4.69, 9.17) is 11.6 Å². The van der Waals surface area contributed by atoms with Crippen LogP contribution in [0.4, 0.5) is 5.69 Å². The molecule has 0 saturated carbocycles. The number of anilines is 1. The van der Waals surface area contributed by atoms with Gasteiger partial charge in [0.15, 0.2) is 0 Å². The number of nitrogens with zero attached hydrogens (tertiary/aromatic N) is 4. The van der Waals surface area contributed by atoms with Gasteiger partial charge in [-0.3, -0.25) is 19.4 Å². The van der Waals surface area contributed by atoms with Crippen LogP contribution < -0.4 is 4.90 Å². The Morgan fingerprint density at radius 2 is 1.76 bits per heavy atom. The Balaban J connectivity index is 1.35. The van der Waals surface area contributed by atoms with E-state index in [1.807, 2.05) is 34.9 Å². The summed E-state index contributed by atoms with van der Waals surface area (Å²) in [6, 6.07) is 17.1. The zero-order valence-electron chi connectivity index (χ0n) is 22.5. The minimum Gasteiger partial charge on any atom is -0.343 e. The van der Waals surface area contributed by atoms with E-state index >= 15 is 0 Å². The van der Waals surface area contributed by atoms with Crippen LogP contribution in [0.3, 0.4) is 0 Å². The van der Waals surface area contributed by atoms with Gasteiger partial charge in [-0.1, -0.05) is 48.0 Å². The molecule has 0 aromatic heterocycles. The van der Waals surface area contributed by atoms with Gasteiger partial charge in [-0.25, -0.2) is 0 Å². The Kier molecular flexibility index (Phi) is 9.63. The van der Waals surface area contributed by atoms with Gasteiger partial charge in [0.05, 0.1) is 0 Å². The van der Waals surface area contributed by atoms with Crippen molar-refractivity contribution in [1.82, 2.24) is 14.7 Å². The average molecular weight is 525 g/mol. The summed E-state index contributed by atoms with van der Waals surface area (Å²) in [6.45, 7) is 13.0. The van der Waals surface area contributed by atoms with Gasteiger partial charge in [-0.2, -0.15) is 0 Å². The lowest BCUT2D eigenvalue weighted by Gasteiger charge is -2.40. The van der Waals surface area contributed by atoms with Crippen LogP contribution in [0, 0.1) is 12.8 Å². The second kappa shape index (κ2) is 12.9. The number of aryl methyl sites for hydroxylation is 1. The summed E-state index contributed by atoms with van der Waals surface area (Å²) in [4.78, 5) is 34.3. The van der Waals surface area contributed by atoms with Gasteiger partial charge in [0, 0.05) is 82.0 Å².